The summed E-state index contributed by atoms with van der Waals surface area (Å²) in [5.41, 5.74) is -0.226. The molecule has 0 bridgehead atoms. The lowest BCUT2D eigenvalue weighted by atomic mass is 9.95. The predicted molar refractivity (Wildman–Crippen MR) is 64.9 cm³/mol. The van der Waals surface area contributed by atoms with E-state index in [0.717, 1.165) is 0 Å². The van der Waals surface area contributed by atoms with Crippen LogP contribution in [0.2, 0.25) is 0 Å². The quantitative estimate of drug-likeness (QED) is 0.516. The minimum absolute atomic E-state index is 0.0594. The molecule has 0 saturated carbocycles. The average Bonchev–Trinajstić information content (AvgIpc) is 2.75. The van der Waals surface area contributed by atoms with E-state index >= 15 is 0 Å². The van der Waals surface area contributed by atoms with Crippen LogP contribution in [-0.2, 0) is 4.74 Å². The van der Waals surface area contributed by atoms with Crippen molar-refractivity contribution in [2.45, 2.75) is 42.6 Å². The summed E-state index contributed by atoms with van der Waals surface area (Å²) in [5, 5.41) is 32.5. The van der Waals surface area contributed by atoms with Crippen molar-refractivity contribution >= 4 is 16.9 Å². The topological polar surface area (TPSA) is 94.3 Å². The van der Waals surface area contributed by atoms with Crippen LogP contribution >= 0.6 is 11.8 Å². The molecule has 98 valence electrons. The van der Waals surface area contributed by atoms with Crippen LogP contribution in [0.5, 0.6) is 0 Å². The van der Waals surface area contributed by atoms with E-state index in [9.17, 15) is 10.2 Å². The van der Waals surface area contributed by atoms with Gasteiger partial charge in [-0.25, -0.2) is 0 Å². The van der Waals surface area contributed by atoms with E-state index in [2.05, 4.69) is 10.3 Å². The second-order valence-electron chi connectivity index (χ2n) is 4.21. The second-order valence-corrected chi connectivity index (χ2v) is 5.29. The monoisotopic (exact) mass is 262 g/mol. The molecule has 5 atom stereocenters. The fraction of sp³-hybridized carbons (Fsp3) is 0.900. The molecule has 2 aliphatic heterocycles. The Kier molecular flexibility index (Phi) is 4.26. The lowest BCUT2D eigenvalue weighted by Crippen LogP contribution is -2.58. The first-order valence-electron chi connectivity index (χ1n) is 5.69. The molecule has 6 nitrogen and oxygen atoms in total. The van der Waals surface area contributed by atoms with E-state index in [1.54, 1.807) is 7.05 Å². The SMILES string of the molecule is CN=C1NC2[C@H](O[C@H](CCCO)[C@@H](O)[C@@H]2O)S1. The van der Waals surface area contributed by atoms with Crippen molar-refractivity contribution in [2.24, 2.45) is 4.99 Å². The third-order valence-corrected chi connectivity index (χ3v) is 4.23. The van der Waals surface area contributed by atoms with Gasteiger partial charge in [-0.05, 0) is 12.8 Å². The molecule has 0 amide bonds. The van der Waals surface area contributed by atoms with E-state index in [0.29, 0.717) is 18.0 Å². The highest BCUT2D eigenvalue weighted by Crippen LogP contribution is 2.34. The van der Waals surface area contributed by atoms with Gasteiger partial charge in [0.1, 0.15) is 17.6 Å². The molecule has 2 heterocycles. The molecule has 0 aromatic heterocycles. The number of rotatable bonds is 3. The predicted octanol–water partition coefficient (Wildman–Crippen LogP) is -1.10. The molecule has 0 aromatic rings. The molecule has 2 aliphatic rings. The third kappa shape index (κ3) is 2.58. The Labute approximate surface area is 104 Å². The van der Waals surface area contributed by atoms with Gasteiger partial charge >= 0.3 is 0 Å². The normalized spacial score (nSPS) is 43.5. The van der Waals surface area contributed by atoms with Crippen LogP contribution < -0.4 is 5.32 Å². The van der Waals surface area contributed by atoms with E-state index in [-0.39, 0.29) is 18.1 Å². The molecule has 0 aromatic carbocycles. The molecular weight excluding hydrogens is 244 g/mol. The third-order valence-electron chi connectivity index (χ3n) is 3.07. The molecule has 0 spiro atoms. The molecule has 0 aliphatic carbocycles. The molecule has 4 N–H and O–H groups in total. The van der Waals surface area contributed by atoms with E-state index in [1.165, 1.54) is 11.8 Å². The van der Waals surface area contributed by atoms with Crippen molar-refractivity contribution in [3.63, 3.8) is 0 Å². The first-order chi connectivity index (χ1) is 8.17. The highest BCUT2D eigenvalue weighted by Gasteiger charge is 2.48. The number of hydrogen-bond acceptors (Lipinski definition) is 6. The maximum atomic E-state index is 10.0. The fourth-order valence-corrected chi connectivity index (χ4v) is 3.22. The standard InChI is InChI=1S/C10H18N2O4S/c1-11-10-12-6-8(15)7(14)5(3-2-4-13)16-9(6)17-10/h5-9,13-15H,2-4H2,1H3,(H,11,12)/t5-,6?,7-,8-,9-/m1/s1. The number of nitrogens with zero attached hydrogens (tertiary/aromatic N) is 1. The summed E-state index contributed by atoms with van der Waals surface area (Å²) in [6, 6.07) is -0.320. The van der Waals surface area contributed by atoms with Crippen LogP contribution in [0, 0.1) is 0 Å². The van der Waals surface area contributed by atoms with Gasteiger partial charge in [0.05, 0.1) is 12.1 Å². The zero-order valence-electron chi connectivity index (χ0n) is 9.61. The highest BCUT2D eigenvalue weighted by atomic mass is 32.2. The first kappa shape index (κ1) is 13.1. The molecule has 2 saturated heterocycles. The number of ether oxygens (including phenoxy) is 1. The largest absolute Gasteiger partial charge is 0.396 e. The van der Waals surface area contributed by atoms with Gasteiger partial charge in [0.15, 0.2) is 5.17 Å². The zero-order valence-corrected chi connectivity index (χ0v) is 10.4. The van der Waals surface area contributed by atoms with Crippen LogP contribution in [0.3, 0.4) is 0 Å². The molecular formula is C10H18N2O4S. The number of nitrogens with one attached hydrogen (secondary N) is 1. The summed E-state index contributed by atoms with van der Waals surface area (Å²) in [6.07, 6.45) is -1.13. The summed E-state index contributed by atoms with van der Waals surface area (Å²) in [6.45, 7) is 0.0594. The van der Waals surface area contributed by atoms with E-state index in [1.807, 2.05) is 0 Å². The summed E-state index contributed by atoms with van der Waals surface area (Å²) >= 11 is 1.42. The van der Waals surface area contributed by atoms with Crippen molar-refractivity contribution < 1.29 is 20.1 Å². The molecule has 7 heteroatoms. The molecule has 2 fully saturated rings. The number of hydrogen-bond donors (Lipinski definition) is 4. The van der Waals surface area contributed by atoms with Gasteiger partial charge in [-0.15, -0.1) is 0 Å². The molecule has 2 rings (SSSR count). The van der Waals surface area contributed by atoms with Gasteiger partial charge in [0, 0.05) is 13.7 Å². The van der Waals surface area contributed by atoms with Gasteiger partial charge in [0.2, 0.25) is 0 Å². The van der Waals surface area contributed by atoms with Crippen LogP contribution in [0.25, 0.3) is 0 Å². The van der Waals surface area contributed by atoms with Crippen LogP contribution in [0.1, 0.15) is 12.8 Å². The molecule has 1 unspecified atom stereocenters. The maximum Gasteiger partial charge on any atom is 0.159 e. The van der Waals surface area contributed by atoms with Gasteiger partial charge in [-0.3, -0.25) is 4.99 Å². The molecule has 17 heavy (non-hydrogen) atoms. The minimum atomic E-state index is -0.924. The Morgan fingerprint density at radius 2 is 2.18 bits per heavy atom. The Morgan fingerprint density at radius 3 is 2.82 bits per heavy atom. The van der Waals surface area contributed by atoms with Gasteiger partial charge < -0.3 is 25.4 Å². The summed E-state index contributed by atoms with van der Waals surface area (Å²) in [4.78, 5) is 4.01. The number of fused-ring (bicyclic) bond motifs is 1. The smallest absolute Gasteiger partial charge is 0.159 e. The van der Waals surface area contributed by atoms with Crippen molar-refractivity contribution in [1.82, 2.24) is 5.32 Å². The summed E-state index contributed by atoms with van der Waals surface area (Å²) in [5.74, 6) is 0. The lowest BCUT2D eigenvalue weighted by molar-refractivity contribution is -0.158. The Morgan fingerprint density at radius 1 is 1.41 bits per heavy atom. The van der Waals surface area contributed by atoms with Gasteiger partial charge in [0.25, 0.3) is 0 Å². The second kappa shape index (κ2) is 5.53. The van der Waals surface area contributed by atoms with E-state index < -0.39 is 18.3 Å². The summed E-state index contributed by atoms with van der Waals surface area (Å²) in [7, 11) is 1.67. The highest BCUT2D eigenvalue weighted by molar-refractivity contribution is 8.14. The number of amidine groups is 1. The summed E-state index contributed by atoms with van der Waals surface area (Å²) < 4.78 is 5.73. The van der Waals surface area contributed by atoms with E-state index in [4.69, 9.17) is 9.84 Å². The zero-order chi connectivity index (χ0) is 12.4. The Bertz CT molecular complexity index is 302. The first-order valence-corrected chi connectivity index (χ1v) is 6.57. The van der Waals surface area contributed by atoms with Crippen molar-refractivity contribution in [3.05, 3.63) is 0 Å². The fourth-order valence-electron chi connectivity index (χ4n) is 2.12. The maximum absolute atomic E-state index is 10.0. The van der Waals surface area contributed by atoms with Gasteiger partial charge in [-0.1, -0.05) is 11.8 Å². The Hall–Kier alpha value is -0.340. The van der Waals surface area contributed by atoms with Crippen LogP contribution in [-0.4, -0.2) is 63.9 Å². The Balaban J connectivity index is 2.03. The van der Waals surface area contributed by atoms with Crippen LogP contribution in [0.15, 0.2) is 4.99 Å². The number of aliphatic imine (C=N–C) groups is 1. The lowest BCUT2D eigenvalue weighted by Gasteiger charge is -2.38. The number of aliphatic hydroxyl groups excluding tert-OH is 3. The van der Waals surface area contributed by atoms with Crippen molar-refractivity contribution in [3.8, 4) is 0 Å². The number of thioether (sulfide) groups is 1. The number of aliphatic hydroxyl groups is 3. The van der Waals surface area contributed by atoms with Gasteiger partial charge in [-0.2, -0.15) is 0 Å². The average molecular weight is 262 g/mol. The van der Waals surface area contributed by atoms with Crippen molar-refractivity contribution in [2.75, 3.05) is 13.7 Å². The molecule has 0 radical (unpaired) electrons. The van der Waals surface area contributed by atoms with Crippen molar-refractivity contribution in [1.29, 1.82) is 0 Å². The minimum Gasteiger partial charge on any atom is -0.396 e. The van der Waals surface area contributed by atoms with Crippen LogP contribution in [0.4, 0.5) is 0 Å².